The summed E-state index contributed by atoms with van der Waals surface area (Å²) in [4.78, 5) is 37.2. The number of aryl methyl sites for hydroxylation is 2. The number of carbonyl (C=O) groups excluding carboxylic acids is 3. The number of ketones is 2. The largest absolute Gasteiger partial charge is 0.458 e. The first kappa shape index (κ1) is 18.7. The maximum atomic E-state index is 12.0. The summed E-state index contributed by atoms with van der Waals surface area (Å²) in [5.41, 5.74) is 0.521. The third-order valence-corrected chi connectivity index (χ3v) is 4.12. The molecular formula is C16H18N2O4S. The molecule has 1 aromatic rings. The van der Waals surface area contributed by atoms with Crippen LogP contribution < -0.4 is 0 Å². The molecule has 0 fully saturated rings. The van der Waals surface area contributed by atoms with E-state index in [2.05, 4.69) is 0 Å². The Morgan fingerprint density at radius 1 is 1.35 bits per heavy atom. The van der Waals surface area contributed by atoms with Gasteiger partial charge in [0.25, 0.3) is 0 Å². The normalized spacial score (nSPS) is 11.4. The maximum Gasteiger partial charge on any atom is 0.306 e. The minimum absolute atomic E-state index is 0.00924. The van der Waals surface area contributed by atoms with Gasteiger partial charge in [-0.3, -0.25) is 14.4 Å². The monoisotopic (exact) mass is 334 g/mol. The third kappa shape index (κ3) is 5.42. The smallest absolute Gasteiger partial charge is 0.306 e. The second-order valence-electron chi connectivity index (χ2n) is 5.12. The van der Waals surface area contributed by atoms with Gasteiger partial charge in [-0.25, -0.2) is 0 Å². The fourth-order valence-electron chi connectivity index (χ4n) is 1.98. The Morgan fingerprint density at radius 2 is 2.00 bits per heavy atom. The van der Waals surface area contributed by atoms with Gasteiger partial charge in [0.1, 0.15) is 5.92 Å². The van der Waals surface area contributed by atoms with Crippen LogP contribution in [0.2, 0.25) is 0 Å². The molecule has 0 saturated heterocycles. The van der Waals surface area contributed by atoms with Gasteiger partial charge in [0.2, 0.25) is 0 Å². The lowest BCUT2D eigenvalue weighted by Gasteiger charge is -2.07. The molecule has 6 nitrogen and oxygen atoms in total. The van der Waals surface area contributed by atoms with Crippen molar-refractivity contribution in [1.29, 1.82) is 10.7 Å². The number of nitrogens with zero attached hydrogens (tertiary/aromatic N) is 1. The Labute approximate surface area is 138 Å². The summed E-state index contributed by atoms with van der Waals surface area (Å²) in [5.74, 6) is -2.64. The highest BCUT2D eigenvalue weighted by Gasteiger charge is 2.22. The summed E-state index contributed by atoms with van der Waals surface area (Å²) in [7, 11) is 0. The van der Waals surface area contributed by atoms with Gasteiger partial charge in [-0.05, 0) is 26.8 Å². The lowest BCUT2D eigenvalue weighted by atomic mass is 10.0. The van der Waals surface area contributed by atoms with Gasteiger partial charge >= 0.3 is 5.97 Å². The molecular weight excluding hydrogens is 316 g/mol. The first-order valence-electron chi connectivity index (χ1n) is 6.99. The molecule has 1 atom stereocenters. The molecule has 1 aromatic heterocycles. The van der Waals surface area contributed by atoms with Gasteiger partial charge in [0, 0.05) is 27.5 Å². The van der Waals surface area contributed by atoms with Crippen molar-refractivity contribution in [3.63, 3.8) is 0 Å². The average molecular weight is 334 g/mol. The zero-order valence-corrected chi connectivity index (χ0v) is 14.1. The number of Topliss-reactive ketones (excluding diaryl/α,β-unsaturated/α-hetero) is 2. The van der Waals surface area contributed by atoms with Gasteiger partial charge < -0.3 is 10.1 Å². The van der Waals surface area contributed by atoms with E-state index >= 15 is 0 Å². The van der Waals surface area contributed by atoms with Gasteiger partial charge in [-0.15, -0.1) is 11.3 Å². The summed E-state index contributed by atoms with van der Waals surface area (Å²) in [6.45, 7) is 4.55. The van der Waals surface area contributed by atoms with Crippen LogP contribution in [0.15, 0.2) is 6.07 Å². The highest BCUT2D eigenvalue weighted by molar-refractivity contribution is 7.12. The average Bonchev–Trinajstić information content (AvgIpc) is 2.81. The van der Waals surface area contributed by atoms with Crippen molar-refractivity contribution < 1.29 is 19.1 Å². The van der Waals surface area contributed by atoms with Crippen LogP contribution in [0, 0.1) is 36.5 Å². The minimum Gasteiger partial charge on any atom is -0.458 e. The minimum atomic E-state index is -1.19. The molecule has 7 heteroatoms. The first-order chi connectivity index (χ1) is 10.8. The van der Waals surface area contributed by atoms with E-state index in [4.69, 9.17) is 15.4 Å². The van der Waals surface area contributed by atoms with Crippen LogP contribution >= 0.6 is 11.3 Å². The second kappa shape index (κ2) is 8.34. The Balaban J connectivity index is 2.45. The van der Waals surface area contributed by atoms with E-state index in [1.807, 2.05) is 13.8 Å². The molecule has 0 radical (unpaired) electrons. The highest BCUT2D eigenvalue weighted by atomic mass is 32.1. The molecule has 0 aromatic carbocycles. The standard InChI is InChI=1S/C16H18N2O4S/c1-9-6-12(11(3)23-9)14(19)4-5-16(21)22-8-15(20)13(7-17)10(2)18/h6,13,18H,4-5,8H2,1-3H3/t13-/m1/s1. The first-order valence-corrected chi connectivity index (χ1v) is 7.81. The molecule has 23 heavy (non-hydrogen) atoms. The van der Waals surface area contributed by atoms with Gasteiger partial charge in [-0.1, -0.05) is 0 Å². The van der Waals surface area contributed by atoms with Crippen molar-refractivity contribution in [3.05, 3.63) is 21.4 Å². The number of nitriles is 1. The van der Waals surface area contributed by atoms with Crippen molar-refractivity contribution in [2.24, 2.45) is 5.92 Å². The van der Waals surface area contributed by atoms with E-state index < -0.39 is 24.3 Å². The van der Waals surface area contributed by atoms with E-state index in [1.54, 1.807) is 12.1 Å². The molecule has 0 saturated carbocycles. The van der Waals surface area contributed by atoms with Gasteiger partial charge in [-0.2, -0.15) is 5.26 Å². The molecule has 0 aliphatic heterocycles. The van der Waals surface area contributed by atoms with E-state index in [9.17, 15) is 14.4 Å². The van der Waals surface area contributed by atoms with E-state index in [-0.39, 0.29) is 24.3 Å². The van der Waals surface area contributed by atoms with Crippen molar-refractivity contribution >= 4 is 34.6 Å². The number of esters is 1. The second-order valence-corrected chi connectivity index (χ2v) is 6.58. The lowest BCUT2D eigenvalue weighted by molar-refractivity contribution is -0.148. The Bertz CT molecular complexity index is 685. The predicted molar refractivity (Wildman–Crippen MR) is 85.8 cm³/mol. The van der Waals surface area contributed by atoms with Crippen LogP contribution in [0.4, 0.5) is 0 Å². The number of thiophene rings is 1. The van der Waals surface area contributed by atoms with Crippen LogP contribution in [0.3, 0.4) is 0 Å². The van der Waals surface area contributed by atoms with Crippen molar-refractivity contribution in [1.82, 2.24) is 0 Å². The molecule has 122 valence electrons. The summed E-state index contributed by atoms with van der Waals surface area (Å²) in [6.07, 6.45) is -0.115. The molecule has 0 aliphatic rings. The molecule has 0 amide bonds. The molecule has 1 N–H and O–H groups in total. The van der Waals surface area contributed by atoms with Crippen molar-refractivity contribution in [3.8, 4) is 6.07 Å². The number of hydrogen-bond donors (Lipinski definition) is 1. The number of nitrogens with one attached hydrogen (secondary N) is 1. The maximum absolute atomic E-state index is 12.0. The van der Waals surface area contributed by atoms with Crippen LogP contribution in [-0.4, -0.2) is 29.9 Å². The zero-order valence-electron chi connectivity index (χ0n) is 13.3. The number of ether oxygens (including phenoxy) is 1. The molecule has 0 aliphatic carbocycles. The number of hydrogen-bond acceptors (Lipinski definition) is 7. The SMILES string of the molecule is CC(=N)[C@@H](C#N)C(=O)COC(=O)CCC(=O)c1cc(C)sc1C. The molecule has 1 rings (SSSR count). The zero-order chi connectivity index (χ0) is 17.6. The fraction of sp³-hybridized carbons (Fsp3) is 0.438. The number of carbonyl (C=O) groups is 3. The van der Waals surface area contributed by atoms with Crippen molar-refractivity contribution in [2.75, 3.05) is 6.61 Å². The van der Waals surface area contributed by atoms with Crippen LogP contribution in [-0.2, 0) is 14.3 Å². The Morgan fingerprint density at radius 3 is 2.48 bits per heavy atom. The van der Waals surface area contributed by atoms with Crippen molar-refractivity contribution in [2.45, 2.75) is 33.6 Å². The number of rotatable bonds is 8. The predicted octanol–water partition coefficient (Wildman–Crippen LogP) is 2.62. The fourth-order valence-corrected chi connectivity index (χ4v) is 2.92. The topological polar surface area (TPSA) is 108 Å². The summed E-state index contributed by atoms with van der Waals surface area (Å²) < 4.78 is 4.77. The van der Waals surface area contributed by atoms with Gasteiger partial charge in [0.05, 0.1) is 12.5 Å². The van der Waals surface area contributed by atoms with Gasteiger partial charge in [0.15, 0.2) is 18.2 Å². The quantitative estimate of drug-likeness (QED) is 0.446. The van der Waals surface area contributed by atoms with Crippen LogP contribution in [0.1, 0.15) is 39.9 Å². The van der Waals surface area contributed by atoms with E-state index in [1.165, 1.54) is 18.3 Å². The molecule has 0 bridgehead atoms. The summed E-state index contributed by atoms with van der Waals surface area (Å²) >= 11 is 1.52. The molecule has 0 spiro atoms. The van der Waals surface area contributed by atoms with E-state index in [0.717, 1.165) is 9.75 Å². The van der Waals surface area contributed by atoms with Crippen LogP contribution in [0.25, 0.3) is 0 Å². The summed E-state index contributed by atoms with van der Waals surface area (Å²) in [6, 6.07) is 3.48. The van der Waals surface area contributed by atoms with E-state index in [0.29, 0.717) is 5.56 Å². The molecule has 0 unspecified atom stereocenters. The third-order valence-electron chi connectivity index (χ3n) is 3.16. The van der Waals surface area contributed by atoms with Crippen LogP contribution in [0.5, 0.6) is 0 Å². The lowest BCUT2D eigenvalue weighted by Crippen LogP contribution is -2.25. The molecule has 1 heterocycles. The summed E-state index contributed by atoms with van der Waals surface area (Å²) in [5, 5.41) is 16.1. The Kier molecular flexibility index (Phi) is 6.79. The Hall–Kier alpha value is -2.33. The highest BCUT2D eigenvalue weighted by Crippen LogP contribution is 2.22.